The van der Waals surface area contributed by atoms with Gasteiger partial charge in [-0.15, -0.1) is 0 Å². The van der Waals surface area contributed by atoms with Crippen molar-refractivity contribution in [3.63, 3.8) is 0 Å². The highest BCUT2D eigenvalue weighted by molar-refractivity contribution is 7.90. The highest BCUT2D eigenvalue weighted by Gasteiger charge is 2.13. The summed E-state index contributed by atoms with van der Waals surface area (Å²) in [5.74, 6) is 0.826. The van der Waals surface area contributed by atoms with Crippen molar-refractivity contribution in [2.45, 2.75) is 30.8 Å². The molecule has 2 N–H and O–H groups in total. The summed E-state index contributed by atoms with van der Waals surface area (Å²) in [7, 11) is -3.17. The predicted molar refractivity (Wildman–Crippen MR) is 75.9 cm³/mol. The molecule has 0 aliphatic rings. The summed E-state index contributed by atoms with van der Waals surface area (Å²) in [6, 6.07) is 6.41. The van der Waals surface area contributed by atoms with Crippen molar-refractivity contribution in [3.05, 3.63) is 42.0 Å². The summed E-state index contributed by atoms with van der Waals surface area (Å²) in [4.78, 5) is 4.48. The van der Waals surface area contributed by atoms with Gasteiger partial charge in [0.15, 0.2) is 9.84 Å². The SMILES string of the molecule is CCn1ncnc1CC(N)c1ccc(S(C)(=O)=O)cc1. The predicted octanol–water partition coefficient (Wildman–Crippen LogP) is 0.944. The van der Waals surface area contributed by atoms with Crippen molar-refractivity contribution in [1.29, 1.82) is 0 Å². The van der Waals surface area contributed by atoms with Gasteiger partial charge in [-0.25, -0.2) is 13.4 Å². The summed E-state index contributed by atoms with van der Waals surface area (Å²) < 4.78 is 24.6. The van der Waals surface area contributed by atoms with Crippen molar-refractivity contribution >= 4 is 9.84 Å². The molecule has 7 heteroatoms. The fraction of sp³-hybridized carbons (Fsp3) is 0.385. The van der Waals surface area contributed by atoms with Crippen LogP contribution in [-0.4, -0.2) is 29.4 Å². The zero-order chi connectivity index (χ0) is 14.8. The minimum Gasteiger partial charge on any atom is -0.324 e. The zero-order valence-corrected chi connectivity index (χ0v) is 12.3. The number of hydrogen-bond donors (Lipinski definition) is 1. The summed E-state index contributed by atoms with van der Waals surface area (Å²) in [5, 5.41) is 4.10. The van der Waals surface area contributed by atoms with Crippen LogP contribution in [0.4, 0.5) is 0 Å². The third-order valence-corrected chi connectivity index (χ3v) is 4.26. The van der Waals surface area contributed by atoms with Crippen molar-refractivity contribution < 1.29 is 8.42 Å². The van der Waals surface area contributed by atoms with Gasteiger partial charge in [0, 0.05) is 25.3 Å². The molecule has 1 aromatic heterocycles. The molecule has 0 bridgehead atoms. The molecule has 2 aromatic rings. The maximum atomic E-state index is 11.4. The van der Waals surface area contributed by atoms with Crippen LogP contribution >= 0.6 is 0 Å². The first-order valence-electron chi connectivity index (χ1n) is 6.34. The molecular formula is C13H18N4O2S. The van der Waals surface area contributed by atoms with Crippen molar-refractivity contribution in [2.75, 3.05) is 6.26 Å². The number of benzene rings is 1. The Morgan fingerprint density at radius 3 is 2.50 bits per heavy atom. The van der Waals surface area contributed by atoms with Crippen LogP contribution in [-0.2, 0) is 22.8 Å². The van der Waals surface area contributed by atoms with Crippen LogP contribution in [0.15, 0.2) is 35.5 Å². The van der Waals surface area contributed by atoms with Crippen LogP contribution in [0.1, 0.15) is 24.4 Å². The molecule has 0 spiro atoms. The molecule has 1 unspecified atom stereocenters. The Kier molecular flexibility index (Phi) is 4.20. The van der Waals surface area contributed by atoms with Crippen LogP contribution in [0.3, 0.4) is 0 Å². The molecule has 1 aromatic carbocycles. The van der Waals surface area contributed by atoms with Gasteiger partial charge in [-0.1, -0.05) is 12.1 Å². The van der Waals surface area contributed by atoms with Crippen LogP contribution < -0.4 is 5.73 Å². The first-order chi connectivity index (χ1) is 9.41. The topological polar surface area (TPSA) is 90.9 Å². The van der Waals surface area contributed by atoms with E-state index in [2.05, 4.69) is 10.1 Å². The number of rotatable bonds is 5. The van der Waals surface area contributed by atoms with Crippen LogP contribution in [0.5, 0.6) is 0 Å². The molecule has 0 saturated heterocycles. The highest BCUT2D eigenvalue weighted by Crippen LogP contribution is 2.17. The molecule has 0 aliphatic heterocycles. The third kappa shape index (κ3) is 3.23. The molecule has 0 fully saturated rings. The van der Waals surface area contributed by atoms with Gasteiger partial charge < -0.3 is 5.73 Å². The van der Waals surface area contributed by atoms with Gasteiger partial charge in [0.25, 0.3) is 0 Å². The number of nitrogens with zero attached hydrogens (tertiary/aromatic N) is 3. The summed E-state index contributed by atoms with van der Waals surface area (Å²) in [5.41, 5.74) is 7.02. The van der Waals surface area contributed by atoms with E-state index in [9.17, 15) is 8.42 Å². The monoisotopic (exact) mass is 294 g/mol. The minimum atomic E-state index is -3.17. The lowest BCUT2D eigenvalue weighted by Gasteiger charge is -2.12. The standard InChI is InChI=1S/C13H18N4O2S/c1-3-17-13(15-9-16-17)8-12(14)10-4-6-11(7-5-10)20(2,18)19/h4-7,9,12H,3,8,14H2,1-2H3. The molecular weight excluding hydrogens is 276 g/mol. The van der Waals surface area contributed by atoms with E-state index in [1.165, 1.54) is 12.6 Å². The number of hydrogen-bond acceptors (Lipinski definition) is 5. The lowest BCUT2D eigenvalue weighted by atomic mass is 10.0. The Morgan fingerprint density at radius 2 is 1.95 bits per heavy atom. The zero-order valence-electron chi connectivity index (χ0n) is 11.5. The lowest BCUT2D eigenvalue weighted by molar-refractivity contribution is 0.580. The number of nitrogens with two attached hydrogens (primary N) is 1. The van der Waals surface area contributed by atoms with Gasteiger partial charge in [-0.05, 0) is 24.6 Å². The molecule has 20 heavy (non-hydrogen) atoms. The van der Waals surface area contributed by atoms with Gasteiger partial charge >= 0.3 is 0 Å². The number of aryl methyl sites for hydroxylation is 1. The fourth-order valence-corrected chi connectivity index (χ4v) is 2.62. The largest absolute Gasteiger partial charge is 0.324 e. The smallest absolute Gasteiger partial charge is 0.175 e. The number of sulfone groups is 1. The Balaban J connectivity index is 2.16. The Hall–Kier alpha value is -1.73. The van der Waals surface area contributed by atoms with Gasteiger partial charge in [-0.3, -0.25) is 4.68 Å². The van der Waals surface area contributed by atoms with Crippen LogP contribution in [0.25, 0.3) is 0 Å². The summed E-state index contributed by atoms with van der Waals surface area (Å²) in [6.45, 7) is 2.74. The molecule has 0 aliphatic carbocycles. The van der Waals surface area contributed by atoms with Crippen molar-refractivity contribution in [3.8, 4) is 0 Å². The summed E-state index contributed by atoms with van der Waals surface area (Å²) >= 11 is 0. The second-order valence-corrected chi connectivity index (χ2v) is 6.66. The Labute approximate surface area is 118 Å². The molecule has 0 radical (unpaired) electrons. The second-order valence-electron chi connectivity index (χ2n) is 4.64. The average Bonchev–Trinajstić information content (AvgIpc) is 2.85. The molecule has 1 heterocycles. The second kappa shape index (κ2) is 5.72. The average molecular weight is 294 g/mol. The van der Waals surface area contributed by atoms with Gasteiger partial charge in [0.05, 0.1) is 4.90 Å². The first-order valence-corrected chi connectivity index (χ1v) is 8.23. The van der Waals surface area contributed by atoms with E-state index in [1.807, 2.05) is 6.92 Å². The molecule has 6 nitrogen and oxygen atoms in total. The molecule has 108 valence electrons. The molecule has 0 saturated carbocycles. The normalized spacial score (nSPS) is 13.3. The Bertz CT molecular complexity index is 677. The van der Waals surface area contributed by atoms with Gasteiger partial charge in [0.2, 0.25) is 0 Å². The van der Waals surface area contributed by atoms with E-state index in [0.717, 1.165) is 17.9 Å². The minimum absolute atomic E-state index is 0.238. The number of aromatic nitrogens is 3. The van der Waals surface area contributed by atoms with E-state index in [4.69, 9.17) is 5.73 Å². The molecule has 0 amide bonds. The molecule has 2 rings (SSSR count). The van der Waals surface area contributed by atoms with Crippen LogP contribution in [0.2, 0.25) is 0 Å². The maximum Gasteiger partial charge on any atom is 0.175 e. The van der Waals surface area contributed by atoms with Crippen LogP contribution in [0, 0.1) is 0 Å². The fourth-order valence-electron chi connectivity index (χ4n) is 1.99. The van der Waals surface area contributed by atoms with E-state index in [1.54, 1.807) is 28.9 Å². The lowest BCUT2D eigenvalue weighted by Crippen LogP contribution is -2.17. The quantitative estimate of drug-likeness (QED) is 0.886. The van der Waals surface area contributed by atoms with E-state index in [0.29, 0.717) is 11.3 Å². The third-order valence-electron chi connectivity index (χ3n) is 3.13. The Morgan fingerprint density at radius 1 is 1.30 bits per heavy atom. The summed E-state index contributed by atoms with van der Waals surface area (Å²) in [6.07, 6.45) is 3.26. The van der Waals surface area contributed by atoms with Gasteiger partial charge in [-0.2, -0.15) is 5.10 Å². The van der Waals surface area contributed by atoms with Crippen molar-refractivity contribution in [1.82, 2.24) is 14.8 Å². The van der Waals surface area contributed by atoms with Crippen molar-refractivity contribution in [2.24, 2.45) is 5.73 Å². The first kappa shape index (κ1) is 14.7. The maximum absolute atomic E-state index is 11.4. The van der Waals surface area contributed by atoms with E-state index in [-0.39, 0.29) is 6.04 Å². The van der Waals surface area contributed by atoms with E-state index < -0.39 is 9.84 Å². The highest BCUT2D eigenvalue weighted by atomic mass is 32.2. The van der Waals surface area contributed by atoms with Gasteiger partial charge in [0.1, 0.15) is 12.2 Å². The molecule has 1 atom stereocenters. The van der Waals surface area contributed by atoms with E-state index >= 15 is 0 Å².